The Hall–Kier alpha value is -0.390. The van der Waals surface area contributed by atoms with Crippen LogP contribution in [0.3, 0.4) is 0 Å². The lowest BCUT2D eigenvalue weighted by Gasteiger charge is -2.24. The van der Waals surface area contributed by atoms with Gasteiger partial charge in [0.1, 0.15) is 0 Å². The topological polar surface area (TPSA) is 49.4 Å². The van der Waals surface area contributed by atoms with E-state index in [0.717, 1.165) is 6.54 Å². The van der Waals surface area contributed by atoms with E-state index in [1.807, 2.05) is 20.9 Å². The molecule has 0 aromatic rings. The fourth-order valence-corrected chi connectivity index (χ4v) is 3.04. The molecule has 0 unspecified atom stereocenters. The number of hydrogen-bond donors (Lipinski definition) is 1. The second kappa shape index (κ2) is 6.98. The van der Waals surface area contributed by atoms with Gasteiger partial charge in [0.15, 0.2) is 0 Å². The molecule has 0 amide bonds. The number of nitrogens with one attached hydrogen (secondary N) is 1. The largest absolute Gasteiger partial charge is 0.320 e. The van der Waals surface area contributed by atoms with Gasteiger partial charge in [-0.1, -0.05) is 6.08 Å². The molecule has 1 N–H and O–H groups in total. The van der Waals surface area contributed by atoms with Crippen LogP contribution in [0.4, 0.5) is 0 Å². The molecule has 0 aromatic heterocycles. The fraction of sp³-hybridized carbons (Fsp3) is 0.800. The highest BCUT2D eigenvalue weighted by molar-refractivity contribution is 7.89. The SMILES string of the molecule is C=CCN(C(C)C)S(=O)(=O)CCCNC. The van der Waals surface area contributed by atoms with Gasteiger partial charge in [-0.25, -0.2) is 8.42 Å². The smallest absolute Gasteiger partial charge is 0.214 e. The first kappa shape index (κ1) is 14.6. The maximum atomic E-state index is 11.9. The lowest BCUT2D eigenvalue weighted by molar-refractivity contribution is 0.382. The summed E-state index contributed by atoms with van der Waals surface area (Å²) in [7, 11) is -1.32. The van der Waals surface area contributed by atoms with Gasteiger partial charge in [0.25, 0.3) is 0 Å². The van der Waals surface area contributed by atoms with Crippen LogP contribution in [0.1, 0.15) is 20.3 Å². The first-order valence-corrected chi connectivity index (χ1v) is 6.81. The summed E-state index contributed by atoms with van der Waals surface area (Å²) >= 11 is 0. The summed E-state index contributed by atoms with van der Waals surface area (Å²) in [4.78, 5) is 0. The Morgan fingerprint density at radius 2 is 2.07 bits per heavy atom. The van der Waals surface area contributed by atoms with Crippen molar-refractivity contribution in [2.24, 2.45) is 0 Å². The van der Waals surface area contributed by atoms with Crippen molar-refractivity contribution >= 4 is 10.0 Å². The Kier molecular flexibility index (Phi) is 6.80. The number of rotatable bonds is 8. The second-order valence-corrected chi connectivity index (χ2v) is 5.77. The molecule has 0 spiro atoms. The highest BCUT2D eigenvalue weighted by atomic mass is 32.2. The van der Waals surface area contributed by atoms with Crippen LogP contribution in [-0.2, 0) is 10.0 Å². The quantitative estimate of drug-likeness (QED) is 0.500. The van der Waals surface area contributed by atoms with Crippen molar-refractivity contribution < 1.29 is 8.42 Å². The second-order valence-electron chi connectivity index (χ2n) is 3.73. The lowest BCUT2D eigenvalue weighted by Crippen LogP contribution is -2.39. The van der Waals surface area contributed by atoms with Gasteiger partial charge in [-0.3, -0.25) is 0 Å². The summed E-state index contributed by atoms with van der Waals surface area (Å²) in [5, 5.41) is 2.94. The zero-order chi connectivity index (χ0) is 11.9. The minimum absolute atomic E-state index is 0.0115. The van der Waals surface area contributed by atoms with Gasteiger partial charge in [-0.2, -0.15) is 4.31 Å². The molecular weight excluding hydrogens is 212 g/mol. The van der Waals surface area contributed by atoms with E-state index in [2.05, 4.69) is 11.9 Å². The Morgan fingerprint density at radius 1 is 1.47 bits per heavy atom. The molecule has 0 heterocycles. The standard InChI is InChI=1S/C10H22N2O2S/c1-5-8-12(10(2)3)15(13,14)9-6-7-11-4/h5,10-11H,1,6-9H2,2-4H3. The molecule has 0 fully saturated rings. The van der Waals surface area contributed by atoms with Gasteiger partial charge < -0.3 is 5.32 Å². The highest BCUT2D eigenvalue weighted by Gasteiger charge is 2.22. The maximum Gasteiger partial charge on any atom is 0.214 e. The molecule has 0 rings (SSSR count). The zero-order valence-electron chi connectivity index (χ0n) is 9.86. The van der Waals surface area contributed by atoms with Crippen LogP contribution in [0, 0.1) is 0 Å². The van der Waals surface area contributed by atoms with Gasteiger partial charge in [0, 0.05) is 12.6 Å². The monoisotopic (exact) mass is 234 g/mol. The van der Waals surface area contributed by atoms with E-state index < -0.39 is 10.0 Å². The Labute approximate surface area is 93.4 Å². The van der Waals surface area contributed by atoms with E-state index >= 15 is 0 Å². The normalized spacial score (nSPS) is 12.3. The summed E-state index contributed by atoms with van der Waals surface area (Å²) in [6.07, 6.45) is 2.26. The maximum absolute atomic E-state index is 11.9. The fourth-order valence-electron chi connectivity index (χ4n) is 1.32. The summed E-state index contributed by atoms with van der Waals surface area (Å²) in [5.74, 6) is 0.194. The third kappa shape index (κ3) is 5.30. The molecule has 0 bridgehead atoms. The van der Waals surface area contributed by atoms with Crippen molar-refractivity contribution in [2.45, 2.75) is 26.3 Å². The van der Waals surface area contributed by atoms with Crippen LogP contribution in [0.5, 0.6) is 0 Å². The molecule has 4 nitrogen and oxygen atoms in total. The van der Waals surface area contributed by atoms with E-state index in [1.165, 1.54) is 4.31 Å². The van der Waals surface area contributed by atoms with Gasteiger partial charge in [-0.05, 0) is 33.9 Å². The van der Waals surface area contributed by atoms with E-state index in [0.29, 0.717) is 13.0 Å². The molecule has 90 valence electrons. The number of sulfonamides is 1. The van der Waals surface area contributed by atoms with Gasteiger partial charge in [0.05, 0.1) is 5.75 Å². The molecule has 0 saturated heterocycles. The van der Waals surface area contributed by atoms with Gasteiger partial charge in [-0.15, -0.1) is 6.58 Å². The van der Waals surface area contributed by atoms with E-state index in [-0.39, 0.29) is 11.8 Å². The van der Waals surface area contributed by atoms with Crippen molar-refractivity contribution in [1.29, 1.82) is 0 Å². The molecule has 0 aliphatic heterocycles. The molecule has 15 heavy (non-hydrogen) atoms. The molecule has 0 aliphatic rings. The van der Waals surface area contributed by atoms with Crippen LogP contribution in [0.2, 0.25) is 0 Å². The average Bonchev–Trinajstić information content (AvgIpc) is 2.13. The van der Waals surface area contributed by atoms with Gasteiger partial charge in [0.2, 0.25) is 10.0 Å². The van der Waals surface area contributed by atoms with Gasteiger partial charge >= 0.3 is 0 Å². The van der Waals surface area contributed by atoms with Crippen LogP contribution < -0.4 is 5.32 Å². The van der Waals surface area contributed by atoms with Crippen molar-refractivity contribution in [1.82, 2.24) is 9.62 Å². The molecular formula is C10H22N2O2S. The van der Waals surface area contributed by atoms with Crippen LogP contribution in [0.15, 0.2) is 12.7 Å². The van der Waals surface area contributed by atoms with Crippen molar-refractivity contribution in [3.63, 3.8) is 0 Å². The molecule has 5 heteroatoms. The molecule has 0 atom stereocenters. The van der Waals surface area contributed by atoms with E-state index in [4.69, 9.17) is 0 Å². The summed E-state index contributed by atoms with van der Waals surface area (Å²) in [6, 6.07) is -0.0115. The highest BCUT2D eigenvalue weighted by Crippen LogP contribution is 2.08. The molecule has 0 saturated carbocycles. The minimum atomic E-state index is -3.13. The Balaban J connectivity index is 4.43. The third-order valence-corrected chi connectivity index (χ3v) is 4.16. The number of nitrogens with zero attached hydrogens (tertiary/aromatic N) is 1. The molecule has 0 radical (unpaired) electrons. The predicted octanol–water partition coefficient (Wildman–Crippen LogP) is 0.822. The summed E-state index contributed by atoms with van der Waals surface area (Å²) in [6.45, 7) is 8.43. The Morgan fingerprint density at radius 3 is 2.47 bits per heavy atom. The van der Waals surface area contributed by atoms with Crippen molar-refractivity contribution in [3.8, 4) is 0 Å². The zero-order valence-corrected chi connectivity index (χ0v) is 10.7. The minimum Gasteiger partial charge on any atom is -0.320 e. The third-order valence-electron chi connectivity index (χ3n) is 2.07. The van der Waals surface area contributed by atoms with E-state index in [1.54, 1.807) is 6.08 Å². The van der Waals surface area contributed by atoms with Crippen molar-refractivity contribution in [3.05, 3.63) is 12.7 Å². The van der Waals surface area contributed by atoms with Crippen LogP contribution in [0.25, 0.3) is 0 Å². The van der Waals surface area contributed by atoms with Crippen LogP contribution in [-0.4, -0.2) is 44.7 Å². The predicted molar refractivity (Wildman–Crippen MR) is 64.4 cm³/mol. The summed E-state index contributed by atoms with van der Waals surface area (Å²) < 4.78 is 25.3. The Bertz CT molecular complexity index is 273. The number of hydrogen-bond acceptors (Lipinski definition) is 3. The van der Waals surface area contributed by atoms with Crippen molar-refractivity contribution in [2.75, 3.05) is 25.9 Å². The summed E-state index contributed by atoms with van der Waals surface area (Å²) in [5.41, 5.74) is 0. The lowest BCUT2D eigenvalue weighted by atomic mass is 10.4. The van der Waals surface area contributed by atoms with Crippen LogP contribution >= 0.6 is 0 Å². The first-order chi connectivity index (χ1) is 6.95. The van der Waals surface area contributed by atoms with E-state index in [9.17, 15) is 8.42 Å². The first-order valence-electron chi connectivity index (χ1n) is 5.20. The average molecular weight is 234 g/mol. The molecule has 0 aromatic carbocycles. The molecule has 0 aliphatic carbocycles.